The Morgan fingerprint density at radius 3 is 2.50 bits per heavy atom. The van der Waals surface area contributed by atoms with Crippen molar-refractivity contribution in [3.05, 3.63) is 52.6 Å². The first-order valence-electron chi connectivity index (χ1n) is 6.65. The second kappa shape index (κ2) is 5.87. The molecule has 0 saturated heterocycles. The molecule has 20 heavy (non-hydrogen) atoms. The molecule has 0 bridgehead atoms. The zero-order chi connectivity index (χ0) is 14.7. The van der Waals surface area contributed by atoms with Gasteiger partial charge in [-0.25, -0.2) is 0 Å². The lowest BCUT2D eigenvalue weighted by Crippen LogP contribution is -2.03. The molecule has 0 amide bonds. The fraction of sp³-hybridized carbons (Fsp3) is 0.294. The molecule has 3 nitrogen and oxygen atoms in total. The molecule has 106 valence electrons. The number of benzene rings is 2. The highest BCUT2D eigenvalue weighted by Gasteiger charge is 2.09. The minimum atomic E-state index is 0.468. The number of anilines is 1. The number of ether oxygens (including phenoxy) is 2. The lowest BCUT2D eigenvalue weighted by Gasteiger charge is -2.15. The van der Waals surface area contributed by atoms with Crippen molar-refractivity contribution in [2.75, 3.05) is 12.8 Å². The first kappa shape index (κ1) is 14.3. The summed E-state index contributed by atoms with van der Waals surface area (Å²) in [7, 11) is 1.67. The zero-order valence-corrected chi connectivity index (χ0v) is 12.5. The smallest absolute Gasteiger partial charge is 0.127 e. The Hall–Kier alpha value is -2.16. The largest absolute Gasteiger partial charge is 0.496 e. The van der Waals surface area contributed by atoms with Gasteiger partial charge >= 0.3 is 0 Å². The summed E-state index contributed by atoms with van der Waals surface area (Å²) in [6.45, 7) is 6.52. The van der Waals surface area contributed by atoms with E-state index >= 15 is 0 Å². The molecular formula is C17H21NO2. The van der Waals surface area contributed by atoms with E-state index in [0.717, 1.165) is 33.9 Å². The maximum Gasteiger partial charge on any atom is 0.127 e. The molecule has 0 aliphatic carbocycles. The molecule has 2 aromatic rings. The fourth-order valence-electron chi connectivity index (χ4n) is 2.23. The highest BCUT2D eigenvalue weighted by Crippen LogP contribution is 2.29. The summed E-state index contributed by atoms with van der Waals surface area (Å²) in [5.41, 5.74) is 11.0. The zero-order valence-electron chi connectivity index (χ0n) is 12.5. The van der Waals surface area contributed by atoms with Crippen molar-refractivity contribution >= 4 is 5.69 Å². The van der Waals surface area contributed by atoms with Gasteiger partial charge in [-0.1, -0.05) is 17.7 Å². The van der Waals surface area contributed by atoms with Gasteiger partial charge < -0.3 is 15.2 Å². The Balaban J connectivity index is 2.25. The van der Waals surface area contributed by atoms with Crippen LogP contribution in [0.25, 0.3) is 0 Å². The second-order valence-electron chi connectivity index (χ2n) is 5.03. The van der Waals surface area contributed by atoms with Crippen LogP contribution in [-0.2, 0) is 6.61 Å². The number of hydrogen-bond donors (Lipinski definition) is 1. The third-order valence-electron chi connectivity index (χ3n) is 3.45. The lowest BCUT2D eigenvalue weighted by molar-refractivity contribution is 0.293. The van der Waals surface area contributed by atoms with Gasteiger partial charge in [-0.3, -0.25) is 0 Å². The van der Waals surface area contributed by atoms with E-state index in [1.807, 2.05) is 38.1 Å². The Bertz CT molecular complexity index is 621. The van der Waals surface area contributed by atoms with E-state index in [1.54, 1.807) is 7.11 Å². The first-order valence-corrected chi connectivity index (χ1v) is 6.65. The van der Waals surface area contributed by atoms with E-state index in [2.05, 4.69) is 13.0 Å². The van der Waals surface area contributed by atoms with Crippen LogP contribution in [0.4, 0.5) is 5.69 Å². The Kier molecular flexibility index (Phi) is 4.18. The third-order valence-corrected chi connectivity index (χ3v) is 3.45. The van der Waals surface area contributed by atoms with Crippen LogP contribution in [-0.4, -0.2) is 7.11 Å². The van der Waals surface area contributed by atoms with Gasteiger partial charge in [-0.2, -0.15) is 0 Å². The normalized spacial score (nSPS) is 10.4. The van der Waals surface area contributed by atoms with Gasteiger partial charge in [0.15, 0.2) is 0 Å². The molecule has 0 saturated carbocycles. The molecule has 0 heterocycles. The monoisotopic (exact) mass is 271 g/mol. The van der Waals surface area contributed by atoms with Gasteiger partial charge in [-0.15, -0.1) is 0 Å². The Morgan fingerprint density at radius 1 is 1.05 bits per heavy atom. The number of methoxy groups -OCH3 is 1. The van der Waals surface area contributed by atoms with Gasteiger partial charge in [-0.05, 0) is 44.5 Å². The van der Waals surface area contributed by atoms with Crippen molar-refractivity contribution < 1.29 is 9.47 Å². The van der Waals surface area contributed by atoms with Crippen molar-refractivity contribution in [3.63, 3.8) is 0 Å². The van der Waals surface area contributed by atoms with Crippen LogP contribution < -0.4 is 15.2 Å². The van der Waals surface area contributed by atoms with Crippen molar-refractivity contribution in [1.29, 1.82) is 0 Å². The Morgan fingerprint density at radius 2 is 1.80 bits per heavy atom. The highest BCUT2D eigenvalue weighted by atomic mass is 16.5. The van der Waals surface area contributed by atoms with Gasteiger partial charge in [0, 0.05) is 16.8 Å². The minimum Gasteiger partial charge on any atom is -0.496 e. The molecule has 2 N–H and O–H groups in total. The molecule has 0 atom stereocenters. The standard InChI is InChI=1S/C17H21NO2/c1-11-5-8-16(19-4)14(9-11)10-20-17-12(2)6-7-15(18)13(17)3/h5-9H,10,18H2,1-4H3. The molecule has 0 unspecified atom stereocenters. The summed E-state index contributed by atoms with van der Waals surface area (Å²) in [6.07, 6.45) is 0. The summed E-state index contributed by atoms with van der Waals surface area (Å²) in [5, 5.41) is 0. The molecule has 0 spiro atoms. The van der Waals surface area contributed by atoms with Crippen molar-refractivity contribution in [2.45, 2.75) is 27.4 Å². The summed E-state index contributed by atoms with van der Waals surface area (Å²) < 4.78 is 11.3. The lowest BCUT2D eigenvalue weighted by atomic mass is 10.1. The van der Waals surface area contributed by atoms with E-state index in [-0.39, 0.29) is 0 Å². The van der Waals surface area contributed by atoms with Crippen molar-refractivity contribution in [1.82, 2.24) is 0 Å². The number of nitrogen functional groups attached to an aromatic ring is 1. The van der Waals surface area contributed by atoms with Gasteiger partial charge in [0.1, 0.15) is 18.1 Å². The van der Waals surface area contributed by atoms with Crippen molar-refractivity contribution in [3.8, 4) is 11.5 Å². The van der Waals surface area contributed by atoms with Crippen LogP contribution in [0.3, 0.4) is 0 Å². The number of nitrogens with two attached hydrogens (primary N) is 1. The molecule has 2 aromatic carbocycles. The van der Waals surface area contributed by atoms with E-state index in [1.165, 1.54) is 5.56 Å². The molecule has 0 radical (unpaired) electrons. The summed E-state index contributed by atoms with van der Waals surface area (Å²) in [6, 6.07) is 9.96. The van der Waals surface area contributed by atoms with Crippen LogP contribution in [0, 0.1) is 20.8 Å². The van der Waals surface area contributed by atoms with E-state index < -0.39 is 0 Å². The molecule has 2 rings (SSSR count). The van der Waals surface area contributed by atoms with E-state index in [0.29, 0.717) is 6.61 Å². The minimum absolute atomic E-state index is 0.468. The average molecular weight is 271 g/mol. The first-order chi connectivity index (χ1) is 9.52. The number of hydrogen-bond acceptors (Lipinski definition) is 3. The maximum absolute atomic E-state index is 5.97. The maximum atomic E-state index is 5.97. The van der Waals surface area contributed by atoms with Crippen LogP contribution in [0.2, 0.25) is 0 Å². The van der Waals surface area contributed by atoms with Crippen LogP contribution in [0.1, 0.15) is 22.3 Å². The summed E-state index contributed by atoms with van der Waals surface area (Å²) in [5.74, 6) is 1.70. The average Bonchev–Trinajstić information content (AvgIpc) is 2.43. The van der Waals surface area contributed by atoms with Crippen LogP contribution in [0.5, 0.6) is 11.5 Å². The van der Waals surface area contributed by atoms with Crippen molar-refractivity contribution in [2.24, 2.45) is 0 Å². The molecule has 0 fully saturated rings. The topological polar surface area (TPSA) is 44.5 Å². The SMILES string of the molecule is COc1ccc(C)cc1COc1c(C)ccc(N)c1C. The number of rotatable bonds is 4. The predicted octanol–water partition coefficient (Wildman–Crippen LogP) is 3.78. The highest BCUT2D eigenvalue weighted by molar-refractivity contribution is 5.56. The molecule has 0 aromatic heterocycles. The number of aryl methyl sites for hydroxylation is 2. The van der Waals surface area contributed by atoms with Crippen LogP contribution >= 0.6 is 0 Å². The fourth-order valence-corrected chi connectivity index (χ4v) is 2.23. The molecule has 3 heteroatoms. The summed E-state index contributed by atoms with van der Waals surface area (Å²) in [4.78, 5) is 0. The van der Waals surface area contributed by atoms with E-state index in [9.17, 15) is 0 Å². The third kappa shape index (κ3) is 2.87. The van der Waals surface area contributed by atoms with Crippen LogP contribution in [0.15, 0.2) is 30.3 Å². The predicted molar refractivity (Wildman–Crippen MR) is 82.4 cm³/mol. The molecule has 0 aliphatic heterocycles. The Labute approximate surface area is 120 Å². The van der Waals surface area contributed by atoms with Gasteiger partial charge in [0.2, 0.25) is 0 Å². The molecule has 0 aliphatic rings. The van der Waals surface area contributed by atoms with Gasteiger partial charge in [0.25, 0.3) is 0 Å². The quantitative estimate of drug-likeness (QED) is 0.861. The molecular weight excluding hydrogens is 250 g/mol. The summed E-state index contributed by atoms with van der Waals surface area (Å²) >= 11 is 0. The van der Waals surface area contributed by atoms with Gasteiger partial charge in [0.05, 0.1) is 7.11 Å². The van der Waals surface area contributed by atoms with E-state index in [4.69, 9.17) is 15.2 Å². The second-order valence-corrected chi connectivity index (χ2v) is 5.03.